The average Bonchev–Trinajstić information content (AvgIpc) is 2.52. The first-order valence-electron chi connectivity index (χ1n) is 6.52. The summed E-state index contributed by atoms with van der Waals surface area (Å²) < 4.78 is 18.6. The molecule has 3 aromatic rings. The molecule has 0 saturated carbocycles. The number of aromatic nitrogens is 1. The Morgan fingerprint density at radius 1 is 1.00 bits per heavy atom. The van der Waals surface area contributed by atoms with Crippen LogP contribution in [-0.2, 0) is 0 Å². The molecule has 3 nitrogen and oxygen atoms in total. The lowest BCUT2D eigenvalue weighted by atomic mass is 10.1. The maximum absolute atomic E-state index is 13.0. The number of hydrogen-bond acceptors (Lipinski definition) is 3. The third-order valence-electron chi connectivity index (χ3n) is 3.01. The lowest BCUT2D eigenvalue weighted by Crippen LogP contribution is -1.91. The molecule has 0 aliphatic heterocycles. The van der Waals surface area contributed by atoms with Crippen molar-refractivity contribution in [2.45, 2.75) is 0 Å². The minimum Gasteiger partial charge on any atom is -0.505 e. The van der Waals surface area contributed by atoms with E-state index in [0.29, 0.717) is 22.3 Å². The highest BCUT2D eigenvalue weighted by Gasteiger charge is 2.07. The standard InChI is InChI=1S/C17H11ClFNO2/c18-13-5-2-1-4-12(13)15-6-3-7-17(20-15)22-11-8-9-14(19)16(21)10-11/h1-10,21H. The normalized spacial score (nSPS) is 10.5. The van der Waals surface area contributed by atoms with Gasteiger partial charge in [0.2, 0.25) is 5.88 Å². The second-order valence-electron chi connectivity index (χ2n) is 4.56. The number of ether oxygens (including phenoxy) is 1. The maximum Gasteiger partial charge on any atom is 0.219 e. The van der Waals surface area contributed by atoms with Gasteiger partial charge >= 0.3 is 0 Å². The van der Waals surface area contributed by atoms with Gasteiger partial charge in [0, 0.05) is 22.7 Å². The maximum atomic E-state index is 13.0. The van der Waals surface area contributed by atoms with E-state index in [-0.39, 0.29) is 0 Å². The number of rotatable bonds is 3. The van der Waals surface area contributed by atoms with E-state index in [2.05, 4.69) is 4.98 Å². The quantitative estimate of drug-likeness (QED) is 0.736. The minimum atomic E-state index is -0.704. The second kappa shape index (κ2) is 6.03. The van der Waals surface area contributed by atoms with Gasteiger partial charge in [0.1, 0.15) is 5.75 Å². The predicted octanol–water partition coefficient (Wildman–Crippen LogP) is 5.04. The molecular weight excluding hydrogens is 305 g/mol. The van der Waals surface area contributed by atoms with E-state index >= 15 is 0 Å². The van der Waals surface area contributed by atoms with E-state index in [1.165, 1.54) is 12.1 Å². The molecule has 3 rings (SSSR count). The molecule has 0 atom stereocenters. The number of benzene rings is 2. The highest BCUT2D eigenvalue weighted by Crippen LogP contribution is 2.29. The minimum absolute atomic E-state index is 0.294. The van der Waals surface area contributed by atoms with Crippen LogP contribution in [0.25, 0.3) is 11.3 Å². The van der Waals surface area contributed by atoms with Crippen molar-refractivity contribution in [3.05, 3.63) is 71.5 Å². The molecule has 2 aromatic carbocycles. The van der Waals surface area contributed by atoms with E-state index in [4.69, 9.17) is 16.3 Å². The van der Waals surface area contributed by atoms with Gasteiger partial charge in [-0.25, -0.2) is 9.37 Å². The Bertz CT molecular complexity index is 823. The van der Waals surface area contributed by atoms with E-state index in [0.717, 1.165) is 11.6 Å². The number of halogens is 2. The van der Waals surface area contributed by atoms with Gasteiger partial charge in [-0.2, -0.15) is 0 Å². The molecule has 110 valence electrons. The van der Waals surface area contributed by atoms with Crippen LogP contribution in [0, 0.1) is 5.82 Å². The van der Waals surface area contributed by atoms with Crippen LogP contribution < -0.4 is 4.74 Å². The molecule has 5 heteroatoms. The largest absolute Gasteiger partial charge is 0.505 e. The van der Waals surface area contributed by atoms with Crippen molar-refractivity contribution in [2.75, 3.05) is 0 Å². The van der Waals surface area contributed by atoms with Gasteiger partial charge in [-0.05, 0) is 24.3 Å². The number of phenols is 1. The van der Waals surface area contributed by atoms with Gasteiger partial charge in [-0.1, -0.05) is 35.9 Å². The Labute approximate surface area is 131 Å². The van der Waals surface area contributed by atoms with Crippen LogP contribution in [0.3, 0.4) is 0 Å². The van der Waals surface area contributed by atoms with Gasteiger partial charge in [0.15, 0.2) is 11.6 Å². The van der Waals surface area contributed by atoms with Gasteiger partial charge in [-0.15, -0.1) is 0 Å². The fraction of sp³-hybridized carbons (Fsp3) is 0. The molecule has 1 aromatic heterocycles. The summed E-state index contributed by atoms with van der Waals surface area (Å²) in [6.07, 6.45) is 0. The summed E-state index contributed by atoms with van der Waals surface area (Å²) >= 11 is 6.15. The lowest BCUT2D eigenvalue weighted by molar-refractivity contribution is 0.418. The molecule has 1 N–H and O–H groups in total. The van der Waals surface area contributed by atoms with Crippen molar-refractivity contribution in [2.24, 2.45) is 0 Å². The smallest absolute Gasteiger partial charge is 0.219 e. The zero-order valence-corrected chi connectivity index (χ0v) is 12.1. The summed E-state index contributed by atoms with van der Waals surface area (Å²) in [5.74, 6) is -0.559. The third kappa shape index (κ3) is 3.02. The summed E-state index contributed by atoms with van der Waals surface area (Å²) in [5, 5.41) is 9.94. The Hall–Kier alpha value is -2.59. The van der Waals surface area contributed by atoms with Crippen LogP contribution in [0.5, 0.6) is 17.4 Å². The Morgan fingerprint density at radius 3 is 2.59 bits per heavy atom. The summed E-state index contributed by atoms with van der Waals surface area (Å²) in [6.45, 7) is 0. The molecule has 0 fully saturated rings. The van der Waals surface area contributed by atoms with Crippen LogP contribution in [0.15, 0.2) is 60.7 Å². The summed E-state index contributed by atoms with van der Waals surface area (Å²) in [7, 11) is 0. The second-order valence-corrected chi connectivity index (χ2v) is 4.96. The number of hydrogen-bond donors (Lipinski definition) is 1. The summed E-state index contributed by atoms with van der Waals surface area (Å²) in [6, 6.07) is 16.4. The van der Waals surface area contributed by atoms with E-state index in [9.17, 15) is 9.50 Å². The SMILES string of the molecule is Oc1cc(Oc2cccc(-c3ccccc3Cl)n2)ccc1F. The van der Waals surface area contributed by atoms with Crippen LogP contribution in [0.4, 0.5) is 4.39 Å². The first-order chi connectivity index (χ1) is 10.6. The molecular formula is C17H11ClFNO2. The van der Waals surface area contributed by atoms with Crippen LogP contribution in [0.2, 0.25) is 5.02 Å². The average molecular weight is 316 g/mol. The Morgan fingerprint density at radius 2 is 1.82 bits per heavy atom. The number of nitrogens with zero attached hydrogens (tertiary/aromatic N) is 1. The predicted molar refractivity (Wildman–Crippen MR) is 82.8 cm³/mol. The van der Waals surface area contributed by atoms with Crippen LogP contribution in [-0.4, -0.2) is 10.1 Å². The number of pyridine rings is 1. The molecule has 0 spiro atoms. The van der Waals surface area contributed by atoms with Crippen LogP contribution in [0.1, 0.15) is 0 Å². The molecule has 0 saturated heterocycles. The highest BCUT2D eigenvalue weighted by atomic mass is 35.5. The van der Waals surface area contributed by atoms with Crippen molar-refractivity contribution >= 4 is 11.6 Å². The van der Waals surface area contributed by atoms with Gasteiger partial charge in [-0.3, -0.25) is 0 Å². The first-order valence-corrected chi connectivity index (χ1v) is 6.89. The van der Waals surface area contributed by atoms with Crippen molar-refractivity contribution in [1.82, 2.24) is 4.98 Å². The van der Waals surface area contributed by atoms with E-state index in [1.807, 2.05) is 24.3 Å². The topological polar surface area (TPSA) is 42.4 Å². The Kier molecular flexibility index (Phi) is 3.94. The first kappa shape index (κ1) is 14.4. The lowest BCUT2D eigenvalue weighted by Gasteiger charge is -2.08. The molecule has 1 heterocycles. The van der Waals surface area contributed by atoms with Crippen molar-refractivity contribution in [3.8, 4) is 28.6 Å². The van der Waals surface area contributed by atoms with Gasteiger partial charge in [0.05, 0.1) is 5.69 Å². The molecule has 0 aliphatic rings. The highest BCUT2D eigenvalue weighted by molar-refractivity contribution is 6.33. The van der Waals surface area contributed by atoms with Crippen LogP contribution >= 0.6 is 11.6 Å². The van der Waals surface area contributed by atoms with Gasteiger partial charge in [0.25, 0.3) is 0 Å². The molecule has 0 unspecified atom stereocenters. The Balaban J connectivity index is 1.91. The monoisotopic (exact) mass is 315 g/mol. The zero-order chi connectivity index (χ0) is 15.5. The molecule has 0 radical (unpaired) electrons. The zero-order valence-electron chi connectivity index (χ0n) is 11.3. The van der Waals surface area contributed by atoms with Crippen molar-refractivity contribution in [3.63, 3.8) is 0 Å². The number of phenolic OH excluding ortho intramolecular Hbond substituents is 1. The fourth-order valence-corrected chi connectivity index (χ4v) is 2.20. The molecule has 0 aliphatic carbocycles. The third-order valence-corrected chi connectivity index (χ3v) is 3.34. The van der Waals surface area contributed by atoms with Gasteiger partial charge < -0.3 is 9.84 Å². The van der Waals surface area contributed by atoms with Crippen molar-refractivity contribution in [1.29, 1.82) is 0 Å². The van der Waals surface area contributed by atoms with Crippen molar-refractivity contribution < 1.29 is 14.2 Å². The molecule has 0 amide bonds. The summed E-state index contributed by atoms with van der Waals surface area (Å²) in [5.41, 5.74) is 1.45. The van der Waals surface area contributed by atoms with E-state index < -0.39 is 11.6 Å². The fourth-order valence-electron chi connectivity index (χ4n) is 1.97. The number of aromatic hydroxyl groups is 1. The molecule has 0 bridgehead atoms. The van der Waals surface area contributed by atoms with E-state index in [1.54, 1.807) is 18.2 Å². The molecule has 22 heavy (non-hydrogen) atoms. The summed E-state index contributed by atoms with van der Waals surface area (Å²) in [4.78, 5) is 4.37.